The molecule has 2 fully saturated rings. The van der Waals surface area contributed by atoms with Crippen molar-refractivity contribution in [1.29, 1.82) is 0 Å². The summed E-state index contributed by atoms with van der Waals surface area (Å²) in [6.07, 6.45) is 6.98. The van der Waals surface area contributed by atoms with Gasteiger partial charge in [0.05, 0.1) is 12.6 Å². The van der Waals surface area contributed by atoms with Gasteiger partial charge < -0.3 is 14.8 Å². The topological polar surface area (TPSA) is 81.8 Å². The van der Waals surface area contributed by atoms with Crippen LogP contribution in [0, 0.1) is 5.92 Å². The summed E-state index contributed by atoms with van der Waals surface area (Å²) in [5.74, 6) is 0.761. The number of piperazine rings is 1. The Hall–Kier alpha value is -1.44. The van der Waals surface area contributed by atoms with Crippen LogP contribution in [0.1, 0.15) is 62.3 Å². The molecular weight excluding hydrogens is 344 g/mol. The molecule has 0 aromatic carbocycles. The summed E-state index contributed by atoms with van der Waals surface area (Å²) in [5, 5.41) is 13.1. The molecule has 0 bridgehead atoms. The van der Waals surface area contributed by atoms with Crippen molar-refractivity contribution in [2.75, 3.05) is 32.7 Å². The number of aromatic nitrogens is 1. The van der Waals surface area contributed by atoms with Gasteiger partial charge in [-0.25, -0.2) is 4.98 Å². The lowest BCUT2D eigenvalue weighted by Crippen LogP contribution is -2.48. The van der Waals surface area contributed by atoms with E-state index in [9.17, 15) is 9.90 Å². The van der Waals surface area contributed by atoms with E-state index in [4.69, 9.17) is 4.42 Å². The maximum Gasteiger partial charge on any atom is 0.273 e. The van der Waals surface area contributed by atoms with Gasteiger partial charge in [-0.15, -0.1) is 0 Å². The van der Waals surface area contributed by atoms with Crippen LogP contribution in [0.3, 0.4) is 0 Å². The second-order valence-electron chi connectivity index (χ2n) is 8.32. The fraction of sp³-hybridized carbons (Fsp3) is 0.800. The van der Waals surface area contributed by atoms with Crippen molar-refractivity contribution in [1.82, 2.24) is 20.1 Å². The molecule has 1 aromatic rings. The summed E-state index contributed by atoms with van der Waals surface area (Å²) in [5.41, 5.74) is 0.384. The zero-order valence-electron chi connectivity index (χ0n) is 16.7. The van der Waals surface area contributed by atoms with E-state index in [0.29, 0.717) is 18.1 Å². The molecule has 0 spiro atoms. The van der Waals surface area contributed by atoms with Gasteiger partial charge in [-0.1, -0.05) is 33.1 Å². The zero-order valence-corrected chi connectivity index (χ0v) is 16.7. The Morgan fingerprint density at radius 3 is 2.56 bits per heavy atom. The van der Waals surface area contributed by atoms with E-state index in [2.05, 4.69) is 20.1 Å². The Morgan fingerprint density at radius 1 is 1.22 bits per heavy atom. The summed E-state index contributed by atoms with van der Waals surface area (Å²) in [4.78, 5) is 21.3. The summed E-state index contributed by atoms with van der Waals surface area (Å²) >= 11 is 0. The number of oxazole rings is 1. The van der Waals surface area contributed by atoms with Crippen molar-refractivity contribution in [2.24, 2.45) is 5.92 Å². The largest absolute Gasteiger partial charge is 0.447 e. The molecule has 7 heteroatoms. The molecule has 3 rings (SSSR count). The summed E-state index contributed by atoms with van der Waals surface area (Å²) in [6, 6.07) is 0.278. The van der Waals surface area contributed by atoms with E-state index in [0.717, 1.165) is 45.6 Å². The van der Waals surface area contributed by atoms with Gasteiger partial charge >= 0.3 is 0 Å². The minimum absolute atomic E-state index is 0.121. The number of amides is 1. The van der Waals surface area contributed by atoms with Crippen LogP contribution in [0.4, 0.5) is 0 Å². The third kappa shape index (κ3) is 6.02. The highest BCUT2D eigenvalue weighted by molar-refractivity contribution is 5.92. The molecule has 1 aliphatic carbocycles. The molecule has 2 aliphatic rings. The van der Waals surface area contributed by atoms with Crippen LogP contribution in [-0.2, 0) is 6.54 Å². The zero-order chi connectivity index (χ0) is 19.2. The summed E-state index contributed by atoms with van der Waals surface area (Å²) in [7, 11) is 0. The number of rotatable bonds is 7. The monoisotopic (exact) mass is 378 g/mol. The van der Waals surface area contributed by atoms with Crippen molar-refractivity contribution in [3.05, 3.63) is 17.8 Å². The van der Waals surface area contributed by atoms with Gasteiger partial charge in [-0.05, 0) is 18.8 Å². The van der Waals surface area contributed by atoms with Gasteiger partial charge in [-0.3, -0.25) is 14.6 Å². The average molecular weight is 379 g/mol. The highest BCUT2D eigenvalue weighted by Crippen LogP contribution is 2.18. The van der Waals surface area contributed by atoms with E-state index in [1.807, 2.05) is 13.8 Å². The molecule has 1 saturated heterocycles. The van der Waals surface area contributed by atoms with E-state index in [1.165, 1.54) is 25.5 Å². The second kappa shape index (κ2) is 9.66. The van der Waals surface area contributed by atoms with Gasteiger partial charge in [0.15, 0.2) is 5.69 Å². The Bertz CT molecular complexity index is 590. The van der Waals surface area contributed by atoms with E-state index < -0.39 is 0 Å². The number of nitrogens with zero attached hydrogens (tertiary/aromatic N) is 3. The molecule has 1 aromatic heterocycles. The second-order valence-corrected chi connectivity index (χ2v) is 8.32. The summed E-state index contributed by atoms with van der Waals surface area (Å²) < 4.78 is 5.53. The Kier molecular flexibility index (Phi) is 7.26. The number of hydrogen-bond acceptors (Lipinski definition) is 6. The van der Waals surface area contributed by atoms with Gasteiger partial charge in [-0.2, -0.15) is 0 Å². The lowest BCUT2D eigenvalue weighted by molar-refractivity contribution is 0.0463. The molecule has 27 heavy (non-hydrogen) atoms. The normalized spacial score (nSPS) is 21.5. The molecule has 1 saturated carbocycles. The van der Waals surface area contributed by atoms with Gasteiger partial charge in [0.25, 0.3) is 5.91 Å². The van der Waals surface area contributed by atoms with E-state index >= 15 is 0 Å². The minimum Gasteiger partial charge on any atom is -0.447 e. The van der Waals surface area contributed by atoms with E-state index in [-0.39, 0.29) is 24.0 Å². The fourth-order valence-corrected chi connectivity index (χ4v) is 3.79. The third-order valence-corrected chi connectivity index (χ3v) is 5.76. The van der Waals surface area contributed by atoms with Crippen LogP contribution < -0.4 is 5.32 Å². The molecule has 2 heterocycles. The number of nitrogens with one attached hydrogen (secondary N) is 1. The lowest BCUT2D eigenvalue weighted by Gasteiger charge is -2.35. The van der Waals surface area contributed by atoms with E-state index in [1.54, 1.807) is 0 Å². The smallest absolute Gasteiger partial charge is 0.273 e. The lowest BCUT2D eigenvalue weighted by atomic mass is 9.95. The molecule has 1 aliphatic heterocycles. The van der Waals surface area contributed by atoms with Crippen molar-refractivity contribution < 1.29 is 14.3 Å². The number of hydrogen-bond donors (Lipinski definition) is 2. The van der Waals surface area contributed by atoms with Gasteiger partial charge in [0.2, 0.25) is 5.89 Å². The molecule has 7 nitrogen and oxygen atoms in total. The third-order valence-electron chi connectivity index (χ3n) is 5.76. The fourth-order valence-electron chi connectivity index (χ4n) is 3.79. The predicted molar refractivity (Wildman–Crippen MR) is 103 cm³/mol. The Labute approximate surface area is 162 Å². The first-order chi connectivity index (χ1) is 13.0. The first-order valence-electron chi connectivity index (χ1n) is 10.4. The first-order valence-corrected chi connectivity index (χ1v) is 10.4. The maximum atomic E-state index is 12.3. The van der Waals surface area contributed by atoms with Crippen LogP contribution in [-0.4, -0.2) is 70.7 Å². The number of carbonyl (C=O) groups excluding carboxylic acids is 1. The van der Waals surface area contributed by atoms with Crippen LogP contribution in [0.5, 0.6) is 0 Å². The SMILES string of the molecule is CC(C)[C@H](O)CN1CCN(Cc2nc(C(=O)NC3CCCCC3)co2)CC1. The number of β-amino-alcohol motifs (C(OH)–C–C–N with tert-alkyl or cyclic N) is 1. The molecular formula is C20H34N4O3. The molecule has 0 unspecified atom stereocenters. The highest BCUT2D eigenvalue weighted by atomic mass is 16.3. The van der Waals surface area contributed by atoms with Crippen LogP contribution >= 0.6 is 0 Å². The Morgan fingerprint density at radius 2 is 1.89 bits per heavy atom. The van der Waals surface area contributed by atoms with Crippen molar-refractivity contribution in [3.8, 4) is 0 Å². The molecule has 1 amide bonds. The predicted octanol–water partition coefficient (Wildman–Crippen LogP) is 1.87. The highest BCUT2D eigenvalue weighted by Gasteiger charge is 2.23. The molecule has 0 radical (unpaired) electrons. The van der Waals surface area contributed by atoms with Crippen LogP contribution in [0.2, 0.25) is 0 Å². The van der Waals surface area contributed by atoms with Crippen LogP contribution in [0.15, 0.2) is 10.7 Å². The summed E-state index contributed by atoms with van der Waals surface area (Å²) in [6.45, 7) is 9.14. The average Bonchev–Trinajstić information content (AvgIpc) is 3.13. The number of carbonyl (C=O) groups is 1. The maximum absolute atomic E-state index is 12.3. The minimum atomic E-state index is -0.270. The standard InChI is InChI=1S/C20H34N4O3/c1-15(2)18(25)12-23-8-10-24(11-9-23)13-19-22-17(14-27-19)20(26)21-16-6-4-3-5-7-16/h14-16,18,25H,3-13H2,1-2H3,(H,21,26)/t18-/m1/s1. The molecule has 152 valence electrons. The number of aliphatic hydroxyl groups is 1. The van der Waals surface area contributed by atoms with Crippen molar-refractivity contribution >= 4 is 5.91 Å². The van der Waals surface area contributed by atoms with Gasteiger partial charge in [0.1, 0.15) is 6.26 Å². The molecule has 1 atom stereocenters. The Balaban J connectivity index is 1.42. The molecule has 2 N–H and O–H groups in total. The number of aliphatic hydroxyl groups excluding tert-OH is 1. The first kappa shape index (κ1) is 20.3. The van der Waals surface area contributed by atoms with Crippen molar-refractivity contribution in [2.45, 2.75) is 64.6 Å². The quantitative estimate of drug-likeness (QED) is 0.754. The van der Waals surface area contributed by atoms with Gasteiger partial charge in [0, 0.05) is 38.8 Å². The van der Waals surface area contributed by atoms with Crippen molar-refractivity contribution in [3.63, 3.8) is 0 Å². The van der Waals surface area contributed by atoms with Crippen LogP contribution in [0.25, 0.3) is 0 Å².